The lowest BCUT2D eigenvalue weighted by molar-refractivity contribution is -0.119. The summed E-state index contributed by atoms with van der Waals surface area (Å²) in [5.74, 6) is 0.657. The summed E-state index contributed by atoms with van der Waals surface area (Å²) < 4.78 is 21.8. The van der Waals surface area contributed by atoms with Crippen LogP contribution >= 0.6 is 0 Å². The quantitative estimate of drug-likeness (QED) is 0.170. The van der Waals surface area contributed by atoms with Crippen molar-refractivity contribution in [2.24, 2.45) is 0 Å². The van der Waals surface area contributed by atoms with Gasteiger partial charge in [0.25, 0.3) is 11.8 Å². The number of fused-ring (bicyclic) bond motifs is 3. The molecule has 5 aromatic rings. The molecule has 0 unspecified atom stereocenters. The summed E-state index contributed by atoms with van der Waals surface area (Å²) in [6, 6.07) is 27.5. The third kappa shape index (κ3) is 6.80. The third-order valence-electron chi connectivity index (χ3n) is 8.52. The SMILES string of the molecule is COc1ccc(CCNC(=O)c2ccccc2NC(=O)COC(=O)c2c3c(nc4ccccc24)/C(=C/c2ccc4c(c2)OCO4)CC3)cc1. The van der Waals surface area contributed by atoms with Gasteiger partial charge in [0.15, 0.2) is 18.1 Å². The van der Waals surface area contributed by atoms with Crippen LogP contribution in [0.5, 0.6) is 17.2 Å². The summed E-state index contributed by atoms with van der Waals surface area (Å²) in [5, 5.41) is 6.29. The molecular weight excluding hydrogens is 622 g/mol. The summed E-state index contributed by atoms with van der Waals surface area (Å²) in [4.78, 5) is 44.6. The Labute approximate surface area is 282 Å². The zero-order chi connectivity index (χ0) is 33.7. The Bertz CT molecular complexity index is 2110. The summed E-state index contributed by atoms with van der Waals surface area (Å²) >= 11 is 0. The minimum atomic E-state index is -0.612. The van der Waals surface area contributed by atoms with Crippen LogP contribution in [0.15, 0.2) is 91.0 Å². The molecular formula is C39H33N3O7. The molecule has 0 saturated carbocycles. The number of methoxy groups -OCH3 is 1. The predicted molar refractivity (Wildman–Crippen MR) is 185 cm³/mol. The van der Waals surface area contributed by atoms with Crippen molar-refractivity contribution in [3.8, 4) is 17.2 Å². The monoisotopic (exact) mass is 655 g/mol. The number of hydrogen-bond acceptors (Lipinski definition) is 8. The average molecular weight is 656 g/mol. The van der Waals surface area contributed by atoms with Crippen molar-refractivity contribution >= 4 is 46.0 Å². The average Bonchev–Trinajstić information content (AvgIpc) is 3.76. The van der Waals surface area contributed by atoms with E-state index in [-0.39, 0.29) is 12.7 Å². The van der Waals surface area contributed by atoms with Crippen LogP contribution in [0.1, 0.15) is 49.5 Å². The van der Waals surface area contributed by atoms with E-state index in [1.54, 1.807) is 31.4 Å². The van der Waals surface area contributed by atoms with Crippen molar-refractivity contribution in [1.82, 2.24) is 10.3 Å². The molecule has 7 rings (SSSR count). The van der Waals surface area contributed by atoms with Gasteiger partial charge in [0.2, 0.25) is 6.79 Å². The van der Waals surface area contributed by atoms with Crippen molar-refractivity contribution < 1.29 is 33.3 Å². The number of carbonyl (C=O) groups excluding carboxylic acids is 3. The summed E-state index contributed by atoms with van der Waals surface area (Å²) in [6.07, 6.45) is 3.96. The topological polar surface area (TPSA) is 125 Å². The van der Waals surface area contributed by atoms with Crippen molar-refractivity contribution in [1.29, 1.82) is 0 Å². The Hall–Kier alpha value is -6.16. The maximum atomic E-state index is 13.7. The summed E-state index contributed by atoms with van der Waals surface area (Å²) in [7, 11) is 1.61. The highest BCUT2D eigenvalue weighted by Gasteiger charge is 2.28. The molecule has 1 aromatic heterocycles. The van der Waals surface area contributed by atoms with Gasteiger partial charge in [-0.05, 0) is 90.1 Å². The number of para-hydroxylation sites is 2. The Morgan fingerprint density at radius 1 is 0.898 bits per heavy atom. The van der Waals surface area contributed by atoms with Gasteiger partial charge in [0.1, 0.15) is 5.75 Å². The van der Waals surface area contributed by atoms with Crippen molar-refractivity contribution in [2.75, 3.05) is 32.4 Å². The second-order valence-electron chi connectivity index (χ2n) is 11.6. The molecule has 246 valence electrons. The van der Waals surface area contributed by atoms with Gasteiger partial charge in [0.05, 0.1) is 35.1 Å². The molecule has 0 fully saturated rings. The van der Waals surface area contributed by atoms with Gasteiger partial charge < -0.3 is 29.6 Å². The number of carbonyl (C=O) groups is 3. The Morgan fingerprint density at radius 2 is 1.69 bits per heavy atom. The van der Waals surface area contributed by atoms with E-state index in [0.717, 1.165) is 33.7 Å². The third-order valence-corrected chi connectivity index (χ3v) is 8.52. The van der Waals surface area contributed by atoms with Crippen molar-refractivity contribution in [3.05, 3.63) is 125 Å². The van der Waals surface area contributed by atoms with Crippen LogP contribution in [0.25, 0.3) is 22.6 Å². The van der Waals surface area contributed by atoms with E-state index >= 15 is 0 Å². The molecule has 4 aromatic carbocycles. The van der Waals surface area contributed by atoms with Gasteiger partial charge in [-0.25, -0.2) is 9.78 Å². The van der Waals surface area contributed by atoms with E-state index in [0.29, 0.717) is 65.0 Å². The maximum absolute atomic E-state index is 13.7. The molecule has 10 heteroatoms. The number of benzene rings is 4. The van der Waals surface area contributed by atoms with Crippen LogP contribution in [-0.4, -0.2) is 49.8 Å². The van der Waals surface area contributed by atoms with Crippen molar-refractivity contribution in [3.63, 3.8) is 0 Å². The number of nitrogens with one attached hydrogen (secondary N) is 2. The first-order valence-corrected chi connectivity index (χ1v) is 16.0. The first kappa shape index (κ1) is 31.4. The molecule has 2 N–H and O–H groups in total. The number of hydrogen-bond donors (Lipinski definition) is 2. The molecule has 2 heterocycles. The molecule has 1 aliphatic heterocycles. The Morgan fingerprint density at radius 3 is 2.55 bits per heavy atom. The van der Waals surface area contributed by atoms with E-state index in [2.05, 4.69) is 10.6 Å². The number of nitrogens with zero attached hydrogens (tertiary/aromatic N) is 1. The second-order valence-corrected chi connectivity index (χ2v) is 11.6. The van der Waals surface area contributed by atoms with Crippen LogP contribution in [0.2, 0.25) is 0 Å². The highest BCUT2D eigenvalue weighted by atomic mass is 16.7. The van der Waals surface area contributed by atoms with Crippen LogP contribution in [0.4, 0.5) is 5.69 Å². The molecule has 0 radical (unpaired) electrons. The van der Waals surface area contributed by atoms with Gasteiger partial charge in [-0.15, -0.1) is 0 Å². The largest absolute Gasteiger partial charge is 0.497 e. The molecule has 0 saturated heterocycles. The Kier molecular flexibility index (Phi) is 8.92. The lowest BCUT2D eigenvalue weighted by Gasteiger charge is -2.14. The molecule has 10 nitrogen and oxygen atoms in total. The standard InChI is InChI=1S/C39H33N3O7/c1-46-27-14-10-24(11-15-27)18-19-40-38(44)29-7-3-5-9-32(29)41-35(43)22-47-39(45)36-28-6-2-4-8-31(28)42-37-26(13-16-30(36)37)20-25-12-17-33-34(21-25)49-23-48-33/h2-12,14-15,17,20-21H,13,16,18-19,22-23H2,1H3,(H,40,44)(H,41,43)/b26-20+. The van der Waals surface area contributed by atoms with E-state index in [1.165, 1.54) is 0 Å². The zero-order valence-electron chi connectivity index (χ0n) is 26.8. The fraction of sp³-hybridized carbons (Fsp3) is 0.179. The van der Waals surface area contributed by atoms with Gasteiger partial charge >= 0.3 is 5.97 Å². The molecule has 49 heavy (non-hydrogen) atoms. The molecule has 2 aliphatic rings. The number of esters is 1. The zero-order valence-corrected chi connectivity index (χ0v) is 26.8. The lowest BCUT2D eigenvalue weighted by Crippen LogP contribution is -2.28. The number of amides is 2. The first-order valence-electron chi connectivity index (χ1n) is 16.0. The lowest BCUT2D eigenvalue weighted by atomic mass is 10.0. The van der Waals surface area contributed by atoms with E-state index in [4.69, 9.17) is 23.9 Å². The summed E-state index contributed by atoms with van der Waals surface area (Å²) in [5.41, 5.74) is 6.18. The fourth-order valence-corrected chi connectivity index (χ4v) is 6.10. The number of rotatable bonds is 10. The predicted octanol–water partition coefficient (Wildman–Crippen LogP) is 6.23. The molecule has 2 amide bonds. The second kappa shape index (κ2) is 13.9. The summed E-state index contributed by atoms with van der Waals surface area (Å²) in [6.45, 7) is 0.0730. The highest BCUT2D eigenvalue weighted by Crippen LogP contribution is 2.39. The van der Waals surface area contributed by atoms with Gasteiger partial charge in [-0.2, -0.15) is 0 Å². The highest BCUT2D eigenvalue weighted by molar-refractivity contribution is 6.08. The van der Waals surface area contributed by atoms with Crippen molar-refractivity contribution in [2.45, 2.75) is 19.3 Å². The van der Waals surface area contributed by atoms with Gasteiger partial charge in [-0.3, -0.25) is 9.59 Å². The molecule has 0 spiro atoms. The number of ether oxygens (including phenoxy) is 4. The van der Waals surface area contributed by atoms with Gasteiger partial charge in [-0.1, -0.05) is 48.5 Å². The van der Waals surface area contributed by atoms with E-state index < -0.39 is 18.5 Å². The maximum Gasteiger partial charge on any atom is 0.339 e. The molecule has 0 bridgehead atoms. The smallest absolute Gasteiger partial charge is 0.339 e. The normalized spacial score (nSPS) is 13.6. The van der Waals surface area contributed by atoms with Crippen LogP contribution in [-0.2, 0) is 22.4 Å². The van der Waals surface area contributed by atoms with Crippen LogP contribution < -0.4 is 24.8 Å². The van der Waals surface area contributed by atoms with Gasteiger partial charge in [0, 0.05) is 11.9 Å². The van der Waals surface area contributed by atoms with E-state index in [1.807, 2.05) is 72.8 Å². The molecule has 1 aliphatic carbocycles. The van der Waals surface area contributed by atoms with E-state index in [9.17, 15) is 14.4 Å². The van der Waals surface area contributed by atoms with Crippen LogP contribution in [0, 0.1) is 0 Å². The number of anilines is 1. The number of pyridine rings is 1. The molecule has 0 atom stereocenters. The number of aromatic nitrogens is 1. The first-order chi connectivity index (χ1) is 24.0. The minimum Gasteiger partial charge on any atom is -0.497 e. The minimum absolute atomic E-state index is 0.198. The Balaban J connectivity index is 1.03. The van der Waals surface area contributed by atoms with Crippen LogP contribution in [0.3, 0.4) is 0 Å². The fourth-order valence-electron chi connectivity index (χ4n) is 6.10. The number of allylic oxidation sites excluding steroid dienone is 1.